The summed E-state index contributed by atoms with van der Waals surface area (Å²) in [6, 6.07) is 7.64. The van der Waals surface area contributed by atoms with Gasteiger partial charge in [-0.05, 0) is 44.9 Å². The van der Waals surface area contributed by atoms with Gasteiger partial charge in [0.2, 0.25) is 0 Å². The lowest BCUT2D eigenvalue weighted by molar-refractivity contribution is -0.0497. The number of aliphatic imine (C=N–C) groups is 1. The van der Waals surface area contributed by atoms with Crippen LogP contribution in [0.25, 0.3) is 10.9 Å². The molecule has 158 valence electrons. The Balaban J connectivity index is 1.96. The van der Waals surface area contributed by atoms with Crippen LogP contribution in [0.15, 0.2) is 35.5 Å². The highest BCUT2D eigenvalue weighted by molar-refractivity contribution is 5.90. The van der Waals surface area contributed by atoms with Crippen LogP contribution < -0.4 is 4.74 Å². The zero-order chi connectivity index (χ0) is 21.3. The molecule has 7 heteroatoms. The Labute approximate surface area is 175 Å². The Bertz CT molecular complexity index is 1010. The van der Waals surface area contributed by atoms with Gasteiger partial charge in [-0.2, -0.15) is 14.0 Å². The van der Waals surface area contributed by atoms with Gasteiger partial charge in [0.1, 0.15) is 11.8 Å². The minimum Gasteiger partial charge on any atom is -0.435 e. The topological polar surface area (TPSA) is 53.6 Å². The van der Waals surface area contributed by atoms with Crippen molar-refractivity contribution in [1.29, 1.82) is 5.26 Å². The SMILES string of the molecule is CC(C)N1C=CC=NC1c1c(C#N)c2ccc(OC(F)F)cc2n1C1CCCCC1. The van der Waals surface area contributed by atoms with Crippen LogP contribution in [0.1, 0.15) is 69.4 Å². The molecule has 0 N–H and O–H groups in total. The second-order valence-electron chi connectivity index (χ2n) is 8.15. The Morgan fingerprint density at radius 2 is 1.97 bits per heavy atom. The van der Waals surface area contributed by atoms with Crippen molar-refractivity contribution in [2.24, 2.45) is 4.99 Å². The highest BCUT2D eigenvalue weighted by atomic mass is 19.3. The van der Waals surface area contributed by atoms with Crippen LogP contribution in [0.3, 0.4) is 0 Å². The van der Waals surface area contributed by atoms with Gasteiger partial charge in [-0.1, -0.05) is 19.3 Å². The van der Waals surface area contributed by atoms with Crippen molar-refractivity contribution >= 4 is 17.1 Å². The molecule has 5 nitrogen and oxygen atoms in total. The summed E-state index contributed by atoms with van der Waals surface area (Å²) in [5.74, 6) is 0.107. The predicted octanol–water partition coefficient (Wildman–Crippen LogP) is 5.93. The summed E-state index contributed by atoms with van der Waals surface area (Å²) in [5.41, 5.74) is 2.16. The standard InChI is InChI=1S/C23H26F2N4O/c1-15(2)28-12-6-11-27-22(28)21-19(14-26)18-10-9-17(30-23(24)25)13-20(18)29(21)16-7-4-3-5-8-16/h6,9-13,15-16,22-23H,3-5,7-8H2,1-2H3. The Morgan fingerprint density at radius 1 is 1.20 bits per heavy atom. The molecule has 1 unspecified atom stereocenters. The van der Waals surface area contributed by atoms with E-state index in [9.17, 15) is 14.0 Å². The molecular weight excluding hydrogens is 386 g/mol. The van der Waals surface area contributed by atoms with Gasteiger partial charge >= 0.3 is 6.61 Å². The molecule has 0 saturated heterocycles. The third kappa shape index (κ3) is 3.67. The van der Waals surface area contributed by atoms with Crippen LogP contribution in [0.2, 0.25) is 0 Å². The number of aromatic nitrogens is 1. The van der Waals surface area contributed by atoms with Gasteiger partial charge in [-0.25, -0.2) is 0 Å². The van der Waals surface area contributed by atoms with Gasteiger partial charge in [0, 0.05) is 36.0 Å². The Kier molecular flexibility index (Phi) is 5.76. The molecule has 0 amide bonds. The molecule has 1 fully saturated rings. The number of alkyl halides is 2. The maximum atomic E-state index is 12.8. The van der Waals surface area contributed by atoms with Crippen molar-refractivity contribution < 1.29 is 13.5 Å². The molecule has 1 aliphatic carbocycles. The molecule has 2 aromatic rings. The maximum absolute atomic E-state index is 12.8. The van der Waals surface area contributed by atoms with Crippen LogP contribution in [-0.4, -0.2) is 28.3 Å². The first kappa shape index (κ1) is 20.4. The first-order valence-corrected chi connectivity index (χ1v) is 10.5. The summed E-state index contributed by atoms with van der Waals surface area (Å²) in [7, 11) is 0. The van der Waals surface area contributed by atoms with E-state index in [1.165, 1.54) is 12.5 Å². The summed E-state index contributed by atoms with van der Waals surface area (Å²) >= 11 is 0. The van der Waals surface area contributed by atoms with E-state index in [1.54, 1.807) is 18.3 Å². The number of allylic oxidation sites excluding steroid dienone is 1. The van der Waals surface area contributed by atoms with Crippen LogP contribution in [-0.2, 0) is 0 Å². The highest BCUT2D eigenvalue weighted by Crippen LogP contribution is 2.42. The lowest BCUT2D eigenvalue weighted by Gasteiger charge is -2.36. The van der Waals surface area contributed by atoms with Crippen LogP contribution in [0.4, 0.5) is 8.78 Å². The van der Waals surface area contributed by atoms with Gasteiger partial charge in [-0.15, -0.1) is 0 Å². The minimum absolute atomic E-state index is 0.107. The van der Waals surface area contributed by atoms with Crippen molar-refractivity contribution in [2.75, 3.05) is 0 Å². The molecule has 0 radical (unpaired) electrons. The number of ether oxygens (including phenoxy) is 1. The number of nitriles is 1. The smallest absolute Gasteiger partial charge is 0.387 e. The van der Waals surface area contributed by atoms with E-state index in [-0.39, 0.29) is 24.0 Å². The van der Waals surface area contributed by atoms with Gasteiger partial charge in [0.15, 0.2) is 6.17 Å². The molecule has 1 aromatic carbocycles. The van der Waals surface area contributed by atoms with E-state index >= 15 is 0 Å². The van der Waals surface area contributed by atoms with E-state index < -0.39 is 6.61 Å². The average Bonchev–Trinajstić information content (AvgIpc) is 3.07. The van der Waals surface area contributed by atoms with Crippen molar-refractivity contribution in [1.82, 2.24) is 9.47 Å². The van der Waals surface area contributed by atoms with Crippen molar-refractivity contribution in [3.05, 3.63) is 41.7 Å². The van der Waals surface area contributed by atoms with E-state index in [0.717, 1.165) is 42.3 Å². The van der Waals surface area contributed by atoms with Crippen LogP contribution >= 0.6 is 0 Å². The maximum Gasteiger partial charge on any atom is 0.387 e. The second kappa shape index (κ2) is 8.47. The van der Waals surface area contributed by atoms with E-state index in [0.29, 0.717) is 5.56 Å². The molecular formula is C23H26F2N4O. The van der Waals surface area contributed by atoms with Gasteiger partial charge in [-0.3, -0.25) is 4.99 Å². The third-order valence-electron chi connectivity index (χ3n) is 5.99. The van der Waals surface area contributed by atoms with Crippen LogP contribution in [0, 0.1) is 11.3 Å². The van der Waals surface area contributed by atoms with Gasteiger partial charge in [0.25, 0.3) is 0 Å². The lowest BCUT2D eigenvalue weighted by atomic mass is 9.94. The van der Waals surface area contributed by atoms with Gasteiger partial charge < -0.3 is 14.2 Å². The fraction of sp³-hybridized carbons (Fsp3) is 0.478. The molecule has 2 heterocycles. The molecule has 4 rings (SSSR count). The zero-order valence-electron chi connectivity index (χ0n) is 17.3. The number of benzene rings is 1. The number of hydrogen-bond acceptors (Lipinski definition) is 4. The highest BCUT2D eigenvalue weighted by Gasteiger charge is 2.32. The van der Waals surface area contributed by atoms with Crippen LogP contribution in [0.5, 0.6) is 5.75 Å². The zero-order valence-corrected chi connectivity index (χ0v) is 17.3. The number of hydrogen-bond donors (Lipinski definition) is 0. The van der Waals surface area contributed by atoms with Crippen molar-refractivity contribution in [3.63, 3.8) is 0 Å². The summed E-state index contributed by atoms with van der Waals surface area (Å²) in [4.78, 5) is 6.85. The molecule has 1 aliphatic heterocycles. The summed E-state index contributed by atoms with van der Waals surface area (Å²) in [6.07, 6.45) is 10.7. The number of fused-ring (bicyclic) bond motifs is 1. The van der Waals surface area contributed by atoms with Gasteiger partial charge in [0.05, 0.1) is 16.8 Å². The number of halogens is 2. The molecule has 0 bridgehead atoms. The van der Waals surface area contributed by atoms with E-state index in [2.05, 4.69) is 34.1 Å². The normalized spacial score (nSPS) is 19.8. The molecule has 30 heavy (non-hydrogen) atoms. The fourth-order valence-electron chi connectivity index (χ4n) is 4.68. The minimum atomic E-state index is -2.89. The second-order valence-corrected chi connectivity index (χ2v) is 8.15. The fourth-order valence-corrected chi connectivity index (χ4v) is 4.68. The monoisotopic (exact) mass is 412 g/mol. The first-order valence-electron chi connectivity index (χ1n) is 10.5. The quantitative estimate of drug-likeness (QED) is 0.612. The summed E-state index contributed by atoms with van der Waals surface area (Å²) < 4.78 is 32.5. The largest absolute Gasteiger partial charge is 0.435 e. The number of rotatable bonds is 5. The first-order chi connectivity index (χ1) is 14.5. The Morgan fingerprint density at radius 3 is 2.63 bits per heavy atom. The number of nitrogens with zero attached hydrogens (tertiary/aromatic N) is 4. The van der Waals surface area contributed by atoms with Crippen molar-refractivity contribution in [3.8, 4) is 11.8 Å². The summed E-state index contributed by atoms with van der Waals surface area (Å²) in [5, 5.41) is 10.9. The molecule has 1 saturated carbocycles. The third-order valence-corrected chi connectivity index (χ3v) is 5.99. The average molecular weight is 412 g/mol. The van der Waals surface area contributed by atoms with E-state index in [1.807, 2.05) is 12.3 Å². The van der Waals surface area contributed by atoms with E-state index in [4.69, 9.17) is 4.99 Å². The summed E-state index contributed by atoms with van der Waals surface area (Å²) in [6.45, 7) is 1.29. The predicted molar refractivity (Wildman–Crippen MR) is 113 cm³/mol. The molecule has 0 spiro atoms. The molecule has 1 aromatic heterocycles. The Hall–Kier alpha value is -2.88. The molecule has 1 atom stereocenters. The van der Waals surface area contributed by atoms with Crippen molar-refractivity contribution in [2.45, 2.75) is 70.8 Å². The lowest BCUT2D eigenvalue weighted by Crippen LogP contribution is -2.33. The molecule has 2 aliphatic rings.